The molecule has 1 atom stereocenters. The fourth-order valence-corrected chi connectivity index (χ4v) is 5.46. The summed E-state index contributed by atoms with van der Waals surface area (Å²) in [6.07, 6.45) is 3.17. The van der Waals surface area contributed by atoms with Gasteiger partial charge in [-0.05, 0) is 44.1 Å². The van der Waals surface area contributed by atoms with Crippen LogP contribution in [0.2, 0.25) is 0 Å². The number of piperidine rings is 1. The molecular weight excluding hydrogens is 414 g/mol. The van der Waals surface area contributed by atoms with E-state index >= 15 is 0 Å². The first-order valence-corrected chi connectivity index (χ1v) is 11.6. The maximum atomic E-state index is 13.4. The van der Waals surface area contributed by atoms with Crippen LogP contribution in [0, 0.1) is 12.8 Å². The molecule has 0 radical (unpaired) electrons. The van der Waals surface area contributed by atoms with Gasteiger partial charge in [0.1, 0.15) is 0 Å². The molecule has 0 saturated carbocycles. The number of hydrogen-bond acceptors (Lipinski definition) is 5. The molecule has 5 rings (SSSR count). The zero-order valence-electron chi connectivity index (χ0n) is 17.4. The molecule has 3 aromatic rings. The second-order valence-corrected chi connectivity index (χ2v) is 9.32. The Morgan fingerprint density at radius 2 is 1.97 bits per heavy atom. The summed E-state index contributed by atoms with van der Waals surface area (Å²) in [5.74, 6) is 0.146. The Morgan fingerprint density at radius 1 is 1.16 bits per heavy atom. The Bertz CT molecular complexity index is 1170. The van der Waals surface area contributed by atoms with Gasteiger partial charge in [-0.3, -0.25) is 19.5 Å². The van der Waals surface area contributed by atoms with Crippen molar-refractivity contribution >= 4 is 28.8 Å². The van der Waals surface area contributed by atoms with Crippen LogP contribution < -0.4 is 5.56 Å². The van der Waals surface area contributed by atoms with Gasteiger partial charge in [-0.1, -0.05) is 6.07 Å². The van der Waals surface area contributed by atoms with Crippen molar-refractivity contribution in [3.05, 3.63) is 56.3 Å². The second-order valence-electron chi connectivity index (χ2n) is 8.37. The highest BCUT2D eigenvalue weighted by molar-refractivity contribution is 7.12. The number of rotatable bonds is 3. The molecule has 0 bridgehead atoms. The lowest BCUT2D eigenvalue weighted by atomic mass is 9.94. The number of carbonyl (C=O) groups excluding carboxylic acids is 2. The van der Waals surface area contributed by atoms with Crippen molar-refractivity contribution in [2.45, 2.75) is 38.6 Å². The van der Waals surface area contributed by atoms with E-state index in [1.165, 1.54) is 21.9 Å². The van der Waals surface area contributed by atoms with Crippen LogP contribution in [0.25, 0.3) is 5.65 Å². The Kier molecular flexibility index (Phi) is 5.13. The molecule has 8 nitrogen and oxygen atoms in total. The third kappa shape index (κ3) is 3.67. The second kappa shape index (κ2) is 7.96. The number of nitrogens with zero attached hydrogens (tertiary/aromatic N) is 4. The van der Waals surface area contributed by atoms with Gasteiger partial charge in [-0.15, -0.1) is 11.3 Å². The van der Waals surface area contributed by atoms with Crippen LogP contribution in [0.3, 0.4) is 0 Å². The Morgan fingerprint density at radius 3 is 2.71 bits per heavy atom. The molecule has 0 aliphatic carbocycles. The van der Waals surface area contributed by atoms with E-state index in [1.54, 1.807) is 6.92 Å². The molecule has 1 unspecified atom stereocenters. The number of fused-ring (bicyclic) bond motifs is 1. The van der Waals surface area contributed by atoms with Gasteiger partial charge in [0.15, 0.2) is 5.65 Å². The summed E-state index contributed by atoms with van der Waals surface area (Å²) in [7, 11) is 0. The topological polar surface area (TPSA) is 90.8 Å². The molecule has 0 aromatic carbocycles. The van der Waals surface area contributed by atoms with Crippen molar-refractivity contribution in [1.82, 2.24) is 24.4 Å². The van der Waals surface area contributed by atoms with E-state index in [2.05, 4.69) is 10.1 Å². The number of H-pyrrole nitrogens is 1. The summed E-state index contributed by atoms with van der Waals surface area (Å²) in [6.45, 7) is 3.73. The Hall–Kier alpha value is -2.94. The van der Waals surface area contributed by atoms with Crippen molar-refractivity contribution in [3.8, 4) is 0 Å². The fourth-order valence-electron chi connectivity index (χ4n) is 4.77. The minimum absolute atomic E-state index is 0.0614. The van der Waals surface area contributed by atoms with Gasteiger partial charge in [0.05, 0.1) is 16.6 Å². The highest BCUT2D eigenvalue weighted by Gasteiger charge is 2.37. The van der Waals surface area contributed by atoms with Crippen LogP contribution in [0.1, 0.15) is 52.8 Å². The zero-order valence-corrected chi connectivity index (χ0v) is 18.2. The lowest BCUT2D eigenvalue weighted by Crippen LogP contribution is -2.44. The number of aryl methyl sites for hydroxylation is 1. The first-order chi connectivity index (χ1) is 15.0. The van der Waals surface area contributed by atoms with Gasteiger partial charge >= 0.3 is 0 Å². The summed E-state index contributed by atoms with van der Waals surface area (Å²) < 4.78 is 1.44. The standard InChI is InChI=1S/C22H25N5O3S/c1-14-12-20(28)27-19(23-14)13-16(24-27)17-4-2-8-26(17)21(29)15-6-9-25(10-7-15)22(30)18-5-3-11-31-18/h3,5,11-13,15,17,24H,2,4,6-10H2,1H3. The number of likely N-dealkylation sites (tertiary alicyclic amines) is 2. The van der Waals surface area contributed by atoms with Gasteiger partial charge in [-0.2, -0.15) is 0 Å². The van der Waals surface area contributed by atoms with Crippen LogP contribution in [0.5, 0.6) is 0 Å². The van der Waals surface area contributed by atoms with Gasteiger partial charge in [0.25, 0.3) is 11.5 Å². The summed E-state index contributed by atoms with van der Waals surface area (Å²) in [4.78, 5) is 47.1. The molecule has 2 amide bonds. The first-order valence-electron chi connectivity index (χ1n) is 10.7. The summed E-state index contributed by atoms with van der Waals surface area (Å²) >= 11 is 1.45. The average Bonchev–Trinajstić information content (AvgIpc) is 3.52. The molecule has 0 spiro atoms. The zero-order chi connectivity index (χ0) is 21.5. The molecule has 9 heteroatoms. The van der Waals surface area contributed by atoms with E-state index in [0.717, 1.165) is 23.4 Å². The summed E-state index contributed by atoms with van der Waals surface area (Å²) in [5, 5.41) is 5.06. The number of carbonyl (C=O) groups is 2. The number of nitrogens with one attached hydrogen (secondary N) is 1. The molecular formula is C22H25N5O3S. The number of aromatic nitrogens is 3. The lowest BCUT2D eigenvalue weighted by molar-refractivity contribution is -0.138. The van der Waals surface area contributed by atoms with E-state index in [0.29, 0.717) is 43.8 Å². The number of amides is 2. The summed E-state index contributed by atoms with van der Waals surface area (Å²) in [6, 6.07) is 7.04. The van der Waals surface area contributed by atoms with E-state index in [4.69, 9.17) is 0 Å². The maximum absolute atomic E-state index is 13.4. The highest BCUT2D eigenvalue weighted by atomic mass is 32.1. The van der Waals surface area contributed by atoms with Gasteiger partial charge in [-0.25, -0.2) is 9.50 Å². The van der Waals surface area contributed by atoms with Crippen molar-refractivity contribution in [2.24, 2.45) is 5.92 Å². The molecule has 2 aliphatic heterocycles. The SMILES string of the molecule is Cc1cc(=O)n2[nH]c(C3CCCN3C(=O)C3CCN(C(=O)c4cccs4)CC3)cc2n1. The molecule has 3 aromatic heterocycles. The quantitative estimate of drug-likeness (QED) is 0.679. The highest BCUT2D eigenvalue weighted by Crippen LogP contribution is 2.34. The van der Waals surface area contributed by atoms with Crippen molar-refractivity contribution < 1.29 is 9.59 Å². The molecule has 1 N–H and O–H groups in total. The Balaban J connectivity index is 1.29. The third-order valence-electron chi connectivity index (χ3n) is 6.36. The van der Waals surface area contributed by atoms with E-state index < -0.39 is 0 Å². The summed E-state index contributed by atoms with van der Waals surface area (Å²) in [5.41, 5.74) is 1.97. The predicted molar refractivity (Wildman–Crippen MR) is 117 cm³/mol. The van der Waals surface area contributed by atoms with E-state index in [-0.39, 0.29) is 29.3 Å². The van der Waals surface area contributed by atoms with Crippen molar-refractivity contribution in [2.75, 3.05) is 19.6 Å². The Labute approximate surface area is 183 Å². The molecule has 2 saturated heterocycles. The molecule has 162 valence electrons. The van der Waals surface area contributed by atoms with Gasteiger partial charge < -0.3 is 9.80 Å². The van der Waals surface area contributed by atoms with Crippen LogP contribution in [-0.2, 0) is 4.79 Å². The number of aromatic amines is 1. The fraction of sp³-hybridized carbons (Fsp3) is 0.455. The van der Waals surface area contributed by atoms with Crippen LogP contribution in [-0.4, -0.2) is 55.8 Å². The van der Waals surface area contributed by atoms with Crippen LogP contribution in [0.4, 0.5) is 0 Å². The maximum Gasteiger partial charge on any atom is 0.272 e. The van der Waals surface area contributed by atoms with E-state index in [1.807, 2.05) is 33.4 Å². The lowest BCUT2D eigenvalue weighted by Gasteiger charge is -2.34. The number of hydrogen-bond donors (Lipinski definition) is 1. The molecule has 5 heterocycles. The normalized spacial score (nSPS) is 20.0. The molecule has 2 fully saturated rings. The van der Waals surface area contributed by atoms with Crippen LogP contribution in [0.15, 0.2) is 34.4 Å². The van der Waals surface area contributed by atoms with Gasteiger partial charge in [0.2, 0.25) is 5.91 Å². The first kappa shape index (κ1) is 20.0. The minimum atomic E-state index is -0.146. The predicted octanol–water partition coefficient (Wildman–Crippen LogP) is 2.61. The van der Waals surface area contributed by atoms with E-state index in [9.17, 15) is 14.4 Å². The molecule has 2 aliphatic rings. The van der Waals surface area contributed by atoms with Gasteiger partial charge in [0, 0.05) is 43.4 Å². The van der Waals surface area contributed by atoms with Crippen molar-refractivity contribution in [3.63, 3.8) is 0 Å². The van der Waals surface area contributed by atoms with Crippen LogP contribution >= 0.6 is 11.3 Å². The minimum Gasteiger partial charge on any atom is -0.338 e. The van der Waals surface area contributed by atoms with Crippen molar-refractivity contribution in [1.29, 1.82) is 0 Å². The molecule has 31 heavy (non-hydrogen) atoms. The average molecular weight is 440 g/mol. The smallest absolute Gasteiger partial charge is 0.272 e. The largest absolute Gasteiger partial charge is 0.338 e. The number of thiophene rings is 1. The monoisotopic (exact) mass is 439 g/mol. The third-order valence-corrected chi connectivity index (χ3v) is 7.21.